The van der Waals surface area contributed by atoms with Gasteiger partial charge >= 0.3 is 0 Å². The van der Waals surface area contributed by atoms with Gasteiger partial charge in [-0.25, -0.2) is 13.1 Å². The van der Waals surface area contributed by atoms with Gasteiger partial charge in [0.05, 0.1) is 12.7 Å². The first-order valence-electron chi connectivity index (χ1n) is 6.31. The first-order valence-corrected chi connectivity index (χ1v) is 7.79. The minimum Gasteiger partial charge on any atom is -0.385 e. The third kappa shape index (κ3) is 5.68. The van der Waals surface area contributed by atoms with Gasteiger partial charge in [0, 0.05) is 33.0 Å². The van der Waals surface area contributed by atoms with Crippen molar-refractivity contribution in [3.05, 3.63) is 12.4 Å². The monoisotopic (exact) mass is 290 g/mol. The molecule has 0 aliphatic carbocycles. The number of nitrogens with one attached hydrogen (secondary N) is 1. The molecule has 3 N–H and O–H groups in total. The van der Waals surface area contributed by atoms with Gasteiger partial charge in [-0.2, -0.15) is 5.10 Å². The quantitative estimate of drug-likeness (QED) is 0.588. The van der Waals surface area contributed by atoms with Crippen molar-refractivity contribution < 1.29 is 13.2 Å². The fraction of sp³-hybridized carbons (Fsp3) is 0.727. The highest BCUT2D eigenvalue weighted by atomic mass is 32.2. The molecule has 0 amide bonds. The standard InChI is InChI=1S/C11H22N4O3S/c1-18-8-4-2-3-6-14-19(16,17)11-9-13-15(10-11)7-5-12/h9-10,14H,2-8,12H2,1H3. The Morgan fingerprint density at radius 2 is 2.21 bits per heavy atom. The summed E-state index contributed by atoms with van der Waals surface area (Å²) in [6.07, 6.45) is 5.48. The van der Waals surface area contributed by atoms with Crippen LogP contribution in [0.2, 0.25) is 0 Å². The van der Waals surface area contributed by atoms with Crippen LogP contribution in [0.3, 0.4) is 0 Å². The van der Waals surface area contributed by atoms with Crippen LogP contribution in [0.4, 0.5) is 0 Å². The molecule has 0 aliphatic rings. The topological polar surface area (TPSA) is 99.2 Å². The Morgan fingerprint density at radius 3 is 2.89 bits per heavy atom. The molecule has 0 saturated heterocycles. The lowest BCUT2D eigenvalue weighted by atomic mass is 10.2. The third-order valence-corrected chi connectivity index (χ3v) is 4.01. The molecule has 7 nitrogen and oxygen atoms in total. The molecule has 0 unspecified atom stereocenters. The van der Waals surface area contributed by atoms with E-state index < -0.39 is 10.0 Å². The predicted molar refractivity (Wildman–Crippen MR) is 72.2 cm³/mol. The number of ether oxygens (including phenoxy) is 1. The maximum absolute atomic E-state index is 11.9. The summed E-state index contributed by atoms with van der Waals surface area (Å²) in [4.78, 5) is 0.179. The molecule has 110 valence electrons. The second-order valence-corrected chi connectivity index (χ2v) is 5.95. The van der Waals surface area contributed by atoms with Crippen LogP contribution in [0.25, 0.3) is 0 Å². The van der Waals surface area contributed by atoms with E-state index in [1.807, 2.05) is 0 Å². The van der Waals surface area contributed by atoms with Crippen molar-refractivity contribution >= 4 is 10.0 Å². The number of aromatic nitrogens is 2. The number of unbranched alkanes of at least 4 members (excludes halogenated alkanes) is 2. The predicted octanol–water partition coefficient (Wildman–Crippen LogP) is -0.0632. The average Bonchev–Trinajstić information content (AvgIpc) is 2.83. The Balaban J connectivity index is 2.38. The first kappa shape index (κ1) is 16.1. The lowest BCUT2D eigenvalue weighted by molar-refractivity contribution is 0.192. The zero-order valence-corrected chi connectivity index (χ0v) is 12.0. The molecule has 0 atom stereocenters. The van der Waals surface area contributed by atoms with Crippen molar-refractivity contribution in [3.8, 4) is 0 Å². The Kier molecular flexibility index (Phi) is 7.00. The highest BCUT2D eigenvalue weighted by molar-refractivity contribution is 7.89. The summed E-state index contributed by atoms with van der Waals surface area (Å²) in [6.45, 7) is 2.06. The lowest BCUT2D eigenvalue weighted by Crippen LogP contribution is -2.24. The Hall–Kier alpha value is -0.960. The van der Waals surface area contributed by atoms with Crippen molar-refractivity contribution in [3.63, 3.8) is 0 Å². The number of rotatable bonds is 10. The van der Waals surface area contributed by atoms with Crippen molar-refractivity contribution in [1.29, 1.82) is 0 Å². The summed E-state index contributed by atoms with van der Waals surface area (Å²) in [5, 5.41) is 3.94. The van der Waals surface area contributed by atoms with Gasteiger partial charge in [0.15, 0.2) is 0 Å². The zero-order valence-electron chi connectivity index (χ0n) is 11.2. The van der Waals surface area contributed by atoms with Crippen LogP contribution in [-0.2, 0) is 21.3 Å². The Morgan fingerprint density at radius 1 is 1.42 bits per heavy atom. The van der Waals surface area contributed by atoms with Crippen LogP contribution in [0, 0.1) is 0 Å². The number of nitrogens with two attached hydrogens (primary N) is 1. The van der Waals surface area contributed by atoms with Crippen LogP contribution in [0.15, 0.2) is 17.3 Å². The van der Waals surface area contributed by atoms with E-state index in [2.05, 4.69) is 9.82 Å². The Bertz CT molecular complexity index is 458. The maximum atomic E-state index is 11.9. The molecule has 0 fully saturated rings. The molecule has 1 rings (SSSR count). The lowest BCUT2D eigenvalue weighted by Gasteiger charge is -2.04. The van der Waals surface area contributed by atoms with E-state index in [4.69, 9.17) is 10.5 Å². The number of methoxy groups -OCH3 is 1. The molecule has 0 saturated carbocycles. The van der Waals surface area contributed by atoms with Crippen LogP contribution < -0.4 is 10.5 Å². The van der Waals surface area contributed by atoms with Gasteiger partial charge in [-0.3, -0.25) is 4.68 Å². The fourth-order valence-corrected chi connectivity index (χ4v) is 2.60. The van der Waals surface area contributed by atoms with Gasteiger partial charge in [-0.1, -0.05) is 0 Å². The van der Waals surface area contributed by atoms with Gasteiger partial charge in [-0.05, 0) is 19.3 Å². The molecule has 1 heterocycles. The molecule has 8 heteroatoms. The van der Waals surface area contributed by atoms with Gasteiger partial charge in [0.1, 0.15) is 4.90 Å². The van der Waals surface area contributed by atoms with Crippen LogP contribution in [0.5, 0.6) is 0 Å². The molecule has 0 spiro atoms. The fourth-order valence-electron chi connectivity index (χ4n) is 1.58. The summed E-state index contributed by atoms with van der Waals surface area (Å²) in [5.74, 6) is 0. The molecular weight excluding hydrogens is 268 g/mol. The van der Waals surface area contributed by atoms with E-state index >= 15 is 0 Å². The minimum atomic E-state index is -3.46. The molecule has 0 aromatic carbocycles. The van der Waals surface area contributed by atoms with E-state index in [0.717, 1.165) is 19.3 Å². The van der Waals surface area contributed by atoms with Crippen molar-refractivity contribution in [2.24, 2.45) is 5.73 Å². The van der Waals surface area contributed by atoms with E-state index in [0.29, 0.717) is 26.2 Å². The summed E-state index contributed by atoms with van der Waals surface area (Å²) >= 11 is 0. The molecule has 1 aromatic rings. The summed E-state index contributed by atoms with van der Waals surface area (Å²) < 4.78 is 32.8. The number of sulfonamides is 1. The third-order valence-electron chi connectivity index (χ3n) is 2.60. The molecule has 0 radical (unpaired) electrons. The van der Waals surface area contributed by atoms with E-state index in [1.54, 1.807) is 7.11 Å². The normalized spacial score (nSPS) is 11.9. The van der Waals surface area contributed by atoms with Crippen molar-refractivity contribution in [1.82, 2.24) is 14.5 Å². The van der Waals surface area contributed by atoms with Gasteiger partial charge < -0.3 is 10.5 Å². The molecule has 0 aliphatic heterocycles. The van der Waals surface area contributed by atoms with Crippen molar-refractivity contribution in [2.75, 3.05) is 26.8 Å². The zero-order chi connectivity index (χ0) is 14.1. The van der Waals surface area contributed by atoms with E-state index in [9.17, 15) is 8.42 Å². The second kappa shape index (κ2) is 8.26. The smallest absolute Gasteiger partial charge is 0.243 e. The van der Waals surface area contributed by atoms with E-state index in [-0.39, 0.29) is 4.90 Å². The molecule has 19 heavy (non-hydrogen) atoms. The summed E-state index contributed by atoms with van der Waals surface area (Å²) in [7, 11) is -1.80. The SMILES string of the molecule is COCCCCCNS(=O)(=O)c1cnn(CCN)c1. The van der Waals surface area contributed by atoms with Crippen LogP contribution in [0.1, 0.15) is 19.3 Å². The maximum Gasteiger partial charge on any atom is 0.243 e. The number of hydrogen-bond donors (Lipinski definition) is 2. The number of hydrogen-bond acceptors (Lipinski definition) is 5. The molecule has 0 bridgehead atoms. The van der Waals surface area contributed by atoms with Gasteiger partial charge in [0.25, 0.3) is 0 Å². The van der Waals surface area contributed by atoms with Crippen LogP contribution in [-0.4, -0.2) is 45.0 Å². The first-order chi connectivity index (χ1) is 9.10. The molecule has 1 aromatic heterocycles. The Labute approximate surface area is 114 Å². The number of nitrogens with zero attached hydrogens (tertiary/aromatic N) is 2. The molecular formula is C11H22N4O3S. The second-order valence-electron chi connectivity index (χ2n) is 4.18. The summed E-state index contributed by atoms with van der Waals surface area (Å²) in [6, 6.07) is 0. The van der Waals surface area contributed by atoms with Crippen LogP contribution >= 0.6 is 0 Å². The van der Waals surface area contributed by atoms with Crippen molar-refractivity contribution in [2.45, 2.75) is 30.7 Å². The largest absolute Gasteiger partial charge is 0.385 e. The van der Waals surface area contributed by atoms with E-state index in [1.165, 1.54) is 17.1 Å². The summed E-state index contributed by atoms with van der Waals surface area (Å²) in [5.41, 5.74) is 5.38. The highest BCUT2D eigenvalue weighted by Crippen LogP contribution is 2.07. The van der Waals surface area contributed by atoms with Gasteiger partial charge in [-0.15, -0.1) is 0 Å². The highest BCUT2D eigenvalue weighted by Gasteiger charge is 2.15. The van der Waals surface area contributed by atoms with Gasteiger partial charge in [0.2, 0.25) is 10.0 Å². The average molecular weight is 290 g/mol. The minimum absolute atomic E-state index is 0.179.